The van der Waals surface area contributed by atoms with Gasteiger partial charge >= 0.3 is 0 Å². The molecular weight excluding hydrogens is 240 g/mol. The van der Waals surface area contributed by atoms with Gasteiger partial charge in [-0.3, -0.25) is 4.79 Å². The second kappa shape index (κ2) is 5.51. The number of amides is 1. The molecule has 1 saturated carbocycles. The highest BCUT2D eigenvalue weighted by molar-refractivity contribution is 5.97. The predicted molar refractivity (Wildman–Crippen MR) is 76.3 cm³/mol. The van der Waals surface area contributed by atoms with Gasteiger partial charge in [0.25, 0.3) is 5.91 Å². The summed E-state index contributed by atoms with van der Waals surface area (Å²) in [6.45, 7) is 2.94. The molecule has 0 bridgehead atoms. The number of nitrogens with one attached hydrogen (secondary N) is 1. The van der Waals surface area contributed by atoms with Crippen molar-refractivity contribution in [1.82, 2.24) is 5.32 Å². The lowest BCUT2D eigenvalue weighted by Crippen LogP contribution is -2.41. The predicted octanol–water partition coefficient (Wildman–Crippen LogP) is 2.59. The summed E-state index contributed by atoms with van der Waals surface area (Å²) in [5, 5.41) is 3.03. The van der Waals surface area contributed by atoms with Crippen LogP contribution in [0.5, 0.6) is 5.75 Å². The fraction of sp³-hybridized carbons (Fsp3) is 0.533. The number of carbonyl (C=O) groups is 1. The van der Waals surface area contributed by atoms with Gasteiger partial charge in [-0.1, -0.05) is 13.3 Å². The van der Waals surface area contributed by atoms with Crippen LogP contribution in [-0.2, 0) is 0 Å². The highest BCUT2D eigenvalue weighted by Gasteiger charge is 2.35. The van der Waals surface area contributed by atoms with Gasteiger partial charge in [0.15, 0.2) is 0 Å². The van der Waals surface area contributed by atoms with Crippen LogP contribution in [0, 0.1) is 5.41 Å². The lowest BCUT2D eigenvalue weighted by Gasteiger charge is -2.41. The van der Waals surface area contributed by atoms with Crippen molar-refractivity contribution in [3.05, 3.63) is 23.8 Å². The van der Waals surface area contributed by atoms with Crippen LogP contribution in [0.4, 0.5) is 5.69 Å². The fourth-order valence-electron chi connectivity index (χ4n) is 2.59. The molecule has 0 atom stereocenters. The molecular formula is C15H22N2O2. The van der Waals surface area contributed by atoms with Crippen LogP contribution in [0.1, 0.15) is 43.0 Å². The Labute approximate surface area is 114 Å². The summed E-state index contributed by atoms with van der Waals surface area (Å²) < 4.78 is 5.21. The van der Waals surface area contributed by atoms with Crippen molar-refractivity contribution in [3.63, 3.8) is 0 Å². The first-order chi connectivity index (χ1) is 9.10. The molecule has 4 heteroatoms. The SMILES string of the molecule is CCC1(CNC(=O)c2ccc(N)cc2OC)CCC1. The number of anilines is 1. The molecule has 0 aromatic heterocycles. The molecule has 0 aliphatic heterocycles. The van der Waals surface area contributed by atoms with Crippen LogP contribution < -0.4 is 15.8 Å². The maximum Gasteiger partial charge on any atom is 0.255 e. The van der Waals surface area contributed by atoms with E-state index in [0.29, 0.717) is 22.4 Å². The third-order valence-corrected chi connectivity index (χ3v) is 4.26. The monoisotopic (exact) mass is 262 g/mol. The Balaban J connectivity index is 2.03. The van der Waals surface area contributed by atoms with E-state index >= 15 is 0 Å². The van der Waals surface area contributed by atoms with Gasteiger partial charge in [0.1, 0.15) is 5.75 Å². The van der Waals surface area contributed by atoms with Crippen molar-refractivity contribution in [1.29, 1.82) is 0 Å². The van der Waals surface area contributed by atoms with Gasteiger partial charge in [-0.05, 0) is 36.8 Å². The second-order valence-electron chi connectivity index (χ2n) is 5.35. The fourth-order valence-corrected chi connectivity index (χ4v) is 2.59. The van der Waals surface area contributed by atoms with E-state index in [9.17, 15) is 4.79 Å². The number of benzene rings is 1. The van der Waals surface area contributed by atoms with E-state index in [2.05, 4.69) is 12.2 Å². The summed E-state index contributed by atoms with van der Waals surface area (Å²) in [4.78, 5) is 12.2. The number of hydrogen-bond acceptors (Lipinski definition) is 3. The first-order valence-electron chi connectivity index (χ1n) is 6.82. The van der Waals surface area contributed by atoms with Crippen LogP contribution >= 0.6 is 0 Å². The maximum absolute atomic E-state index is 12.2. The average molecular weight is 262 g/mol. The summed E-state index contributed by atoms with van der Waals surface area (Å²) >= 11 is 0. The molecule has 19 heavy (non-hydrogen) atoms. The van der Waals surface area contributed by atoms with Crippen molar-refractivity contribution < 1.29 is 9.53 Å². The van der Waals surface area contributed by atoms with E-state index in [4.69, 9.17) is 10.5 Å². The minimum atomic E-state index is -0.0865. The number of methoxy groups -OCH3 is 1. The second-order valence-corrected chi connectivity index (χ2v) is 5.35. The minimum Gasteiger partial charge on any atom is -0.496 e. The quantitative estimate of drug-likeness (QED) is 0.802. The summed E-state index contributed by atoms with van der Waals surface area (Å²) in [6.07, 6.45) is 4.81. The zero-order valence-corrected chi connectivity index (χ0v) is 11.7. The molecule has 3 N–H and O–H groups in total. The van der Waals surface area contributed by atoms with Gasteiger partial charge in [-0.15, -0.1) is 0 Å². The average Bonchev–Trinajstić information content (AvgIpc) is 2.37. The molecule has 2 rings (SSSR count). The normalized spacial score (nSPS) is 16.5. The summed E-state index contributed by atoms with van der Waals surface area (Å²) in [5.41, 5.74) is 7.14. The molecule has 0 spiro atoms. The summed E-state index contributed by atoms with van der Waals surface area (Å²) in [6, 6.07) is 5.10. The largest absolute Gasteiger partial charge is 0.496 e. The van der Waals surface area contributed by atoms with Gasteiger partial charge in [0.2, 0.25) is 0 Å². The first-order valence-corrected chi connectivity index (χ1v) is 6.82. The molecule has 1 amide bonds. The van der Waals surface area contributed by atoms with Crippen molar-refractivity contribution in [2.45, 2.75) is 32.6 Å². The Morgan fingerprint density at radius 2 is 2.21 bits per heavy atom. The van der Waals surface area contributed by atoms with Crippen molar-refractivity contribution in [2.75, 3.05) is 19.4 Å². The Morgan fingerprint density at radius 1 is 1.47 bits per heavy atom. The Kier molecular flexibility index (Phi) is 3.98. The summed E-state index contributed by atoms with van der Waals surface area (Å²) in [5.74, 6) is 0.438. The Bertz CT molecular complexity index is 462. The molecule has 1 aromatic carbocycles. The third-order valence-electron chi connectivity index (χ3n) is 4.26. The summed E-state index contributed by atoms with van der Waals surface area (Å²) in [7, 11) is 1.55. The number of nitrogens with two attached hydrogens (primary N) is 1. The minimum absolute atomic E-state index is 0.0865. The molecule has 104 valence electrons. The Morgan fingerprint density at radius 3 is 2.74 bits per heavy atom. The van der Waals surface area contributed by atoms with Crippen LogP contribution in [0.25, 0.3) is 0 Å². The van der Waals surface area contributed by atoms with E-state index in [1.54, 1.807) is 25.3 Å². The Hall–Kier alpha value is -1.71. The van der Waals surface area contributed by atoms with Crippen molar-refractivity contribution >= 4 is 11.6 Å². The van der Waals surface area contributed by atoms with Gasteiger partial charge < -0.3 is 15.8 Å². The van der Waals surface area contributed by atoms with E-state index in [1.165, 1.54) is 19.3 Å². The van der Waals surface area contributed by atoms with E-state index < -0.39 is 0 Å². The molecule has 0 heterocycles. The van der Waals surface area contributed by atoms with Crippen molar-refractivity contribution in [2.24, 2.45) is 5.41 Å². The van der Waals surface area contributed by atoms with E-state index in [-0.39, 0.29) is 5.91 Å². The number of carbonyl (C=O) groups excluding carboxylic acids is 1. The number of rotatable bonds is 5. The molecule has 0 unspecified atom stereocenters. The third kappa shape index (κ3) is 2.83. The molecule has 4 nitrogen and oxygen atoms in total. The molecule has 0 radical (unpaired) electrons. The van der Waals surface area contributed by atoms with Crippen molar-refractivity contribution in [3.8, 4) is 5.75 Å². The zero-order valence-electron chi connectivity index (χ0n) is 11.7. The van der Waals surface area contributed by atoms with Crippen LogP contribution in [0.3, 0.4) is 0 Å². The number of ether oxygens (including phenoxy) is 1. The smallest absolute Gasteiger partial charge is 0.255 e. The zero-order chi connectivity index (χ0) is 13.9. The maximum atomic E-state index is 12.2. The van der Waals surface area contributed by atoms with Gasteiger partial charge in [-0.25, -0.2) is 0 Å². The van der Waals surface area contributed by atoms with E-state index in [0.717, 1.165) is 13.0 Å². The molecule has 1 aliphatic carbocycles. The lowest BCUT2D eigenvalue weighted by atomic mass is 9.67. The van der Waals surface area contributed by atoms with Gasteiger partial charge in [0.05, 0.1) is 12.7 Å². The molecule has 1 fully saturated rings. The highest BCUT2D eigenvalue weighted by Crippen LogP contribution is 2.43. The van der Waals surface area contributed by atoms with Crippen LogP contribution in [-0.4, -0.2) is 19.6 Å². The standard InChI is InChI=1S/C15H22N2O2/c1-3-15(7-4-8-15)10-17-14(18)12-6-5-11(16)9-13(12)19-2/h5-6,9H,3-4,7-8,10,16H2,1-2H3,(H,17,18). The number of nitrogen functional groups attached to an aromatic ring is 1. The lowest BCUT2D eigenvalue weighted by molar-refractivity contribution is 0.0847. The first kappa shape index (κ1) is 13.7. The van der Waals surface area contributed by atoms with Crippen LogP contribution in [0.15, 0.2) is 18.2 Å². The van der Waals surface area contributed by atoms with Gasteiger partial charge in [-0.2, -0.15) is 0 Å². The van der Waals surface area contributed by atoms with Crippen LogP contribution in [0.2, 0.25) is 0 Å². The molecule has 0 saturated heterocycles. The topological polar surface area (TPSA) is 64.4 Å². The highest BCUT2D eigenvalue weighted by atomic mass is 16.5. The van der Waals surface area contributed by atoms with Gasteiger partial charge in [0, 0.05) is 18.3 Å². The van der Waals surface area contributed by atoms with E-state index in [1.807, 2.05) is 0 Å². The molecule has 1 aliphatic rings. The number of hydrogen-bond donors (Lipinski definition) is 2. The molecule has 1 aromatic rings.